The lowest BCUT2D eigenvalue weighted by molar-refractivity contribution is -0.134. The van der Waals surface area contributed by atoms with Crippen LogP contribution in [0, 0.1) is 11.8 Å². The molecule has 2 aliphatic rings. The Hall–Kier alpha value is -0.0300. The zero-order valence-electron chi connectivity index (χ0n) is 15.1. The number of nitrogens with one attached hydrogen (secondary N) is 1. The molecule has 0 aromatic carbocycles. The lowest BCUT2D eigenvalue weighted by Crippen LogP contribution is -2.48. The molecule has 2 fully saturated rings. The standard InChI is InChI=1S/C17H33N3O.2ClH/c1-13(15-6-5-8-18-12-15)10-17(21)20(4)16-7-9-19(3)14(2)11-16;;/h13-16,18H,5-12H2,1-4H3;2*1H. The molecule has 1 N–H and O–H groups in total. The fourth-order valence-electron chi connectivity index (χ4n) is 3.77. The van der Waals surface area contributed by atoms with Gasteiger partial charge in [-0.25, -0.2) is 0 Å². The highest BCUT2D eigenvalue weighted by atomic mass is 35.5. The normalized spacial score (nSPS) is 29.8. The number of nitrogens with zero attached hydrogens (tertiary/aromatic N) is 2. The number of likely N-dealkylation sites (tertiary alicyclic amines) is 1. The Balaban J connectivity index is 0.00000242. The van der Waals surface area contributed by atoms with Crippen LogP contribution >= 0.6 is 24.8 Å². The van der Waals surface area contributed by atoms with Gasteiger partial charge in [0.1, 0.15) is 0 Å². The molecular formula is C17H35Cl2N3O. The largest absolute Gasteiger partial charge is 0.343 e. The first-order valence-corrected chi connectivity index (χ1v) is 8.65. The molecule has 4 nitrogen and oxygen atoms in total. The van der Waals surface area contributed by atoms with Gasteiger partial charge in [0.15, 0.2) is 0 Å². The molecule has 0 aliphatic carbocycles. The van der Waals surface area contributed by atoms with Crippen LogP contribution in [0.15, 0.2) is 0 Å². The summed E-state index contributed by atoms with van der Waals surface area (Å²) in [6, 6.07) is 1.01. The maximum absolute atomic E-state index is 12.6. The summed E-state index contributed by atoms with van der Waals surface area (Å²) in [5.41, 5.74) is 0. The van der Waals surface area contributed by atoms with Gasteiger partial charge in [0.2, 0.25) is 5.91 Å². The van der Waals surface area contributed by atoms with Gasteiger partial charge in [-0.15, -0.1) is 24.8 Å². The van der Waals surface area contributed by atoms with Crippen molar-refractivity contribution in [3.63, 3.8) is 0 Å². The molecular weight excluding hydrogens is 333 g/mol. The van der Waals surface area contributed by atoms with E-state index in [4.69, 9.17) is 0 Å². The van der Waals surface area contributed by atoms with Crippen molar-refractivity contribution in [2.24, 2.45) is 11.8 Å². The van der Waals surface area contributed by atoms with Crippen LogP contribution < -0.4 is 5.32 Å². The summed E-state index contributed by atoms with van der Waals surface area (Å²) < 4.78 is 0. The van der Waals surface area contributed by atoms with Crippen LogP contribution in [0.1, 0.15) is 46.0 Å². The van der Waals surface area contributed by atoms with E-state index in [0.717, 1.165) is 32.5 Å². The fraction of sp³-hybridized carbons (Fsp3) is 0.941. The van der Waals surface area contributed by atoms with E-state index in [2.05, 4.69) is 31.1 Å². The second-order valence-electron chi connectivity index (χ2n) is 7.30. The Morgan fingerprint density at radius 3 is 2.61 bits per heavy atom. The van der Waals surface area contributed by atoms with Crippen molar-refractivity contribution in [2.75, 3.05) is 33.7 Å². The molecule has 2 heterocycles. The molecule has 2 rings (SSSR count). The van der Waals surface area contributed by atoms with Crippen LogP contribution in [-0.4, -0.2) is 61.5 Å². The average Bonchev–Trinajstić information content (AvgIpc) is 2.50. The van der Waals surface area contributed by atoms with Gasteiger partial charge in [-0.2, -0.15) is 0 Å². The van der Waals surface area contributed by atoms with Gasteiger partial charge in [0, 0.05) is 32.1 Å². The van der Waals surface area contributed by atoms with Crippen LogP contribution in [0.4, 0.5) is 0 Å². The molecule has 2 saturated heterocycles. The fourth-order valence-corrected chi connectivity index (χ4v) is 3.77. The Morgan fingerprint density at radius 2 is 2.04 bits per heavy atom. The van der Waals surface area contributed by atoms with Crippen molar-refractivity contribution in [2.45, 2.75) is 58.0 Å². The van der Waals surface area contributed by atoms with Gasteiger partial charge < -0.3 is 15.1 Å². The Bertz CT molecular complexity index is 351. The quantitative estimate of drug-likeness (QED) is 0.829. The van der Waals surface area contributed by atoms with E-state index in [9.17, 15) is 4.79 Å². The van der Waals surface area contributed by atoms with Crippen LogP contribution in [0.5, 0.6) is 0 Å². The minimum absolute atomic E-state index is 0. The Kier molecular flexibility index (Phi) is 10.7. The van der Waals surface area contributed by atoms with Crippen molar-refractivity contribution in [1.82, 2.24) is 15.1 Å². The molecule has 0 saturated carbocycles. The van der Waals surface area contributed by atoms with Crippen LogP contribution in [0.2, 0.25) is 0 Å². The third-order valence-corrected chi connectivity index (χ3v) is 5.76. The SMILES string of the molecule is CC(CC(=O)N(C)C1CCN(C)C(C)C1)C1CCCNC1.Cl.Cl. The molecule has 138 valence electrons. The van der Waals surface area contributed by atoms with E-state index in [-0.39, 0.29) is 24.8 Å². The van der Waals surface area contributed by atoms with E-state index in [1.165, 1.54) is 12.8 Å². The van der Waals surface area contributed by atoms with Gasteiger partial charge in [-0.05, 0) is 64.6 Å². The number of carbonyl (C=O) groups is 1. The first kappa shape index (κ1) is 23.0. The molecule has 6 heteroatoms. The number of amides is 1. The molecule has 0 radical (unpaired) electrons. The maximum Gasteiger partial charge on any atom is 0.222 e. The highest BCUT2D eigenvalue weighted by Gasteiger charge is 2.29. The monoisotopic (exact) mass is 367 g/mol. The predicted molar refractivity (Wildman–Crippen MR) is 102 cm³/mol. The minimum Gasteiger partial charge on any atom is -0.343 e. The summed E-state index contributed by atoms with van der Waals surface area (Å²) in [7, 11) is 4.19. The number of carbonyl (C=O) groups excluding carboxylic acids is 1. The summed E-state index contributed by atoms with van der Waals surface area (Å²) >= 11 is 0. The Labute approximate surface area is 154 Å². The highest BCUT2D eigenvalue weighted by Crippen LogP contribution is 2.25. The third-order valence-electron chi connectivity index (χ3n) is 5.76. The zero-order valence-corrected chi connectivity index (χ0v) is 16.7. The average molecular weight is 368 g/mol. The molecule has 1 amide bonds. The van der Waals surface area contributed by atoms with Crippen LogP contribution in [0.25, 0.3) is 0 Å². The van der Waals surface area contributed by atoms with Gasteiger partial charge in [0.05, 0.1) is 0 Å². The highest BCUT2D eigenvalue weighted by molar-refractivity contribution is 5.85. The van der Waals surface area contributed by atoms with E-state index in [1.54, 1.807) is 0 Å². The molecule has 4 unspecified atom stereocenters. The summed E-state index contributed by atoms with van der Waals surface area (Å²) in [5, 5.41) is 3.46. The predicted octanol–water partition coefficient (Wildman–Crippen LogP) is 2.80. The minimum atomic E-state index is 0. The summed E-state index contributed by atoms with van der Waals surface area (Å²) in [6.07, 6.45) is 5.46. The zero-order chi connectivity index (χ0) is 15.4. The van der Waals surface area contributed by atoms with Gasteiger partial charge in [-0.1, -0.05) is 6.92 Å². The number of rotatable bonds is 4. The maximum atomic E-state index is 12.6. The van der Waals surface area contributed by atoms with Crippen molar-refractivity contribution >= 4 is 30.7 Å². The second kappa shape index (κ2) is 10.8. The molecule has 0 spiro atoms. The summed E-state index contributed by atoms with van der Waals surface area (Å²) in [5.74, 6) is 1.51. The number of piperidine rings is 2. The molecule has 0 aromatic rings. The molecule has 0 bridgehead atoms. The summed E-state index contributed by atoms with van der Waals surface area (Å²) in [4.78, 5) is 17.0. The lowest BCUT2D eigenvalue weighted by Gasteiger charge is -2.40. The van der Waals surface area contributed by atoms with Gasteiger partial charge >= 0.3 is 0 Å². The van der Waals surface area contributed by atoms with Crippen molar-refractivity contribution in [3.05, 3.63) is 0 Å². The van der Waals surface area contributed by atoms with E-state index in [0.29, 0.717) is 36.2 Å². The Morgan fingerprint density at radius 1 is 1.35 bits per heavy atom. The van der Waals surface area contributed by atoms with Crippen molar-refractivity contribution < 1.29 is 4.79 Å². The summed E-state index contributed by atoms with van der Waals surface area (Å²) in [6.45, 7) is 7.85. The van der Waals surface area contributed by atoms with Crippen LogP contribution in [-0.2, 0) is 4.79 Å². The lowest BCUT2D eigenvalue weighted by atomic mass is 9.85. The van der Waals surface area contributed by atoms with Crippen molar-refractivity contribution in [1.29, 1.82) is 0 Å². The van der Waals surface area contributed by atoms with Gasteiger partial charge in [0.25, 0.3) is 0 Å². The molecule has 0 aromatic heterocycles. The van der Waals surface area contributed by atoms with E-state index < -0.39 is 0 Å². The number of hydrogen-bond donors (Lipinski definition) is 1. The smallest absolute Gasteiger partial charge is 0.222 e. The first-order chi connectivity index (χ1) is 9.99. The number of halogens is 2. The number of hydrogen-bond acceptors (Lipinski definition) is 3. The third kappa shape index (κ3) is 6.41. The first-order valence-electron chi connectivity index (χ1n) is 8.65. The van der Waals surface area contributed by atoms with E-state index >= 15 is 0 Å². The molecule has 2 aliphatic heterocycles. The molecule has 4 atom stereocenters. The topological polar surface area (TPSA) is 35.6 Å². The van der Waals surface area contributed by atoms with Crippen LogP contribution in [0.3, 0.4) is 0 Å². The van der Waals surface area contributed by atoms with E-state index in [1.807, 2.05) is 11.9 Å². The van der Waals surface area contributed by atoms with Gasteiger partial charge in [-0.3, -0.25) is 4.79 Å². The molecule has 23 heavy (non-hydrogen) atoms. The van der Waals surface area contributed by atoms with Crippen molar-refractivity contribution in [3.8, 4) is 0 Å². The second-order valence-corrected chi connectivity index (χ2v) is 7.30.